The maximum Gasteiger partial charge on any atom is 0.206 e. The van der Waals surface area contributed by atoms with E-state index in [0.29, 0.717) is 5.92 Å². The summed E-state index contributed by atoms with van der Waals surface area (Å²) in [4.78, 5) is 5.58. The largest absolute Gasteiger partial charge is 0.497 e. The van der Waals surface area contributed by atoms with Gasteiger partial charge in [0.2, 0.25) is 4.80 Å². The summed E-state index contributed by atoms with van der Waals surface area (Å²) < 4.78 is 12.9. The van der Waals surface area contributed by atoms with E-state index in [1.807, 2.05) is 29.1 Å². The maximum atomic E-state index is 5.60. The first-order valence-electron chi connectivity index (χ1n) is 10.0. The van der Waals surface area contributed by atoms with E-state index >= 15 is 0 Å². The van der Waals surface area contributed by atoms with Crippen LogP contribution < -0.4 is 14.3 Å². The smallest absolute Gasteiger partial charge is 0.206 e. The van der Waals surface area contributed by atoms with Crippen molar-refractivity contribution < 1.29 is 9.47 Å². The molecule has 2 aromatic carbocycles. The molecule has 0 atom stereocenters. The summed E-state index contributed by atoms with van der Waals surface area (Å²) in [6.07, 6.45) is 1.87. The first-order chi connectivity index (χ1) is 14.4. The van der Waals surface area contributed by atoms with Gasteiger partial charge in [0.15, 0.2) is 0 Å². The number of methoxy groups -OCH3 is 2. The van der Waals surface area contributed by atoms with E-state index < -0.39 is 0 Å². The number of benzene rings is 2. The number of rotatable bonds is 7. The molecule has 0 saturated carbocycles. The van der Waals surface area contributed by atoms with Crippen LogP contribution in [0.15, 0.2) is 57.9 Å². The van der Waals surface area contributed by atoms with Crippen molar-refractivity contribution in [3.8, 4) is 22.8 Å². The number of thiazole rings is 1. The van der Waals surface area contributed by atoms with Crippen molar-refractivity contribution in [2.75, 3.05) is 14.2 Å². The Bertz CT molecular complexity index is 1080. The Balaban J connectivity index is 2.10. The lowest BCUT2D eigenvalue weighted by molar-refractivity contribution is 0.404. The predicted molar refractivity (Wildman–Crippen MR) is 125 cm³/mol. The summed E-state index contributed by atoms with van der Waals surface area (Å²) in [7, 11) is 3.33. The molecule has 158 valence electrons. The van der Waals surface area contributed by atoms with Gasteiger partial charge in [0.25, 0.3) is 0 Å². The van der Waals surface area contributed by atoms with Gasteiger partial charge >= 0.3 is 0 Å². The molecule has 0 aliphatic heterocycles. The predicted octanol–water partition coefficient (Wildman–Crippen LogP) is 5.55. The molecular formula is C24H29N3O2S. The summed E-state index contributed by atoms with van der Waals surface area (Å²) in [5.74, 6) is 2.03. The van der Waals surface area contributed by atoms with Crippen molar-refractivity contribution in [1.82, 2.24) is 4.68 Å². The first kappa shape index (κ1) is 21.8. The molecule has 3 aromatic rings. The first-order valence-corrected chi connectivity index (χ1v) is 10.9. The highest BCUT2D eigenvalue weighted by atomic mass is 32.1. The summed E-state index contributed by atoms with van der Waals surface area (Å²) >= 11 is 1.56. The average molecular weight is 424 g/mol. The summed E-state index contributed by atoms with van der Waals surface area (Å²) in [6.45, 7) is 8.50. The Labute approximate surface area is 182 Å². The van der Waals surface area contributed by atoms with Crippen LogP contribution in [0.3, 0.4) is 0 Å². The lowest BCUT2D eigenvalue weighted by Crippen LogP contribution is -2.14. The molecule has 0 fully saturated rings. The van der Waals surface area contributed by atoms with E-state index in [1.165, 1.54) is 5.56 Å². The van der Waals surface area contributed by atoms with Gasteiger partial charge in [-0.1, -0.05) is 38.1 Å². The second-order valence-electron chi connectivity index (χ2n) is 7.57. The fourth-order valence-corrected chi connectivity index (χ4v) is 3.97. The number of hydrogen-bond donors (Lipinski definition) is 0. The zero-order chi connectivity index (χ0) is 21.7. The van der Waals surface area contributed by atoms with Gasteiger partial charge in [-0.25, -0.2) is 4.68 Å². The second-order valence-corrected chi connectivity index (χ2v) is 8.41. The van der Waals surface area contributed by atoms with Crippen LogP contribution in [0.2, 0.25) is 0 Å². The Kier molecular flexibility index (Phi) is 7.11. The number of aromatic nitrogens is 1. The van der Waals surface area contributed by atoms with Crippen molar-refractivity contribution in [1.29, 1.82) is 0 Å². The average Bonchev–Trinajstić information content (AvgIpc) is 3.13. The van der Waals surface area contributed by atoms with Gasteiger partial charge in [-0.3, -0.25) is 4.99 Å². The molecule has 6 heteroatoms. The molecule has 0 saturated heterocycles. The van der Waals surface area contributed by atoms with Crippen molar-refractivity contribution in [3.63, 3.8) is 0 Å². The van der Waals surface area contributed by atoms with Crippen LogP contribution in [-0.2, 0) is 0 Å². The van der Waals surface area contributed by atoms with Gasteiger partial charge in [-0.05, 0) is 49.1 Å². The third-order valence-electron chi connectivity index (χ3n) is 4.66. The minimum atomic E-state index is 0.162. The quantitative estimate of drug-likeness (QED) is 0.468. The molecule has 0 spiro atoms. The molecule has 0 aliphatic carbocycles. The molecule has 0 radical (unpaired) electrons. The van der Waals surface area contributed by atoms with E-state index in [0.717, 1.165) is 33.1 Å². The topological polar surface area (TPSA) is 48.1 Å². The zero-order valence-corrected chi connectivity index (χ0v) is 19.2. The van der Waals surface area contributed by atoms with Crippen LogP contribution >= 0.6 is 11.3 Å². The highest BCUT2D eigenvalue weighted by Crippen LogP contribution is 2.33. The highest BCUT2D eigenvalue weighted by Gasteiger charge is 2.14. The third-order valence-corrected chi connectivity index (χ3v) is 5.49. The van der Waals surface area contributed by atoms with Gasteiger partial charge in [-0.15, -0.1) is 11.3 Å². The SMILES string of the molecule is COc1ccc(OC)c(-c2csc(=NC(C)C)n2N=Cc2ccc(C(C)C)cc2)c1. The van der Waals surface area contributed by atoms with Crippen molar-refractivity contribution in [2.24, 2.45) is 10.1 Å². The molecular weight excluding hydrogens is 394 g/mol. The molecule has 1 aromatic heterocycles. The van der Waals surface area contributed by atoms with Crippen molar-refractivity contribution >= 4 is 17.6 Å². The van der Waals surface area contributed by atoms with Crippen molar-refractivity contribution in [2.45, 2.75) is 39.7 Å². The minimum absolute atomic E-state index is 0.162. The van der Waals surface area contributed by atoms with Gasteiger partial charge < -0.3 is 9.47 Å². The molecule has 1 heterocycles. The van der Waals surface area contributed by atoms with Gasteiger partial charge in [-0.2, -0.15) is 5.10 Å². The van der Waals surface area contributed by atoms with Crippen LogP contribution in [0.1, 0.15) is 44.7 Å². The number of nitrogens with zero attached hydrogens (tertiary/aromatic N) is 3. The molecule has 0 aliphatic rings. The number of hydrogen-bond acceptors (Lipinski definition) is 5. The van der Waals surface area contributed by atoms with Gasteiger partial charge in [0.1, 0.15) is 11.5 Å². The summed E-state index contributed by atoms with van der Waals surface area (Å²) in [5.41, 5.74) is 4.17. The molecule has 3 rings (SSSR count). The van der Waals surface area contributed by atoms with E-state index in [1.54, 1.807) is 25.6 Å². The molecule has 30 heavy (non-hydrogen) atoms. The van der Waals surface area contributed by atoms with Crippen LogP contribution in [0.25, 0.3) is 11.3 Å². The standard InChI is InChI=1S/C24H29N3O2S/c1-16(2)19-9-7-18(8-10-19)14-25-27-22(15-30-24(27)26-17(3)4)21-13-20(28-5)11-12-23(21)29-6/h7-17H,1-6H3. The second kappa shape index (κ2) is 9.76. The van der Waals surface area contributed by atoms with Crippen molar-refractivity contribution in [3.05, 3.63) is 63.8 Å². The summed E-state index contributed by atoms with van der Waals surface area (Å²) in [5, 5.41) is 6.84. The monoisotopic (exact) mass is 423 g/mol. The van der Waals surface area contributed by atoms with Gasteiger partial charge in [0.05, 0.1) is 26.1 Å². The van der Waals surface area contributed by atoms with Crippen LogP contribution in [0.5, 0.6) is 11.5 Å². The van der Waals surface area contributed by atoms with Crippen LogP contribution in [0.4, 0.5) is 0 Å². The molecule has 0 N–H and O–H groups in total. The lowest BCUT2D eigenvalue weighted by Gasteiger charge is -2.11. The molecule has 0 bridgehead atoms. The van der Waals surface area contributed by atoms with E-state index in [2.05, 4.69) is 57.3 Å². The third kappa shape index (κ3) is 5.00. The van der Waals surface area contributed by atoms with Crippen LogP contribution in [0, 0.1) is 0 Å². The molecule has 0 unspecified atom stereocenters. The normalized spacial score (nSPS) is 12.3. The Morgan fingerprint density at radius 2 is 1.70 bits per heavy atom. The zero-order valence-electron chi connectivity index (χ0n) is 18.4. The fourth-order valence-electron chi connectivity index (χ4n) is 3.01. The van der Waals surface area contributed by atoms with E-state index in [4.69, 9.17) is 19.6 Å². The van der Waals surface area contributed by atoms with E-state index in [-0.39, 0.29) is 6.04 Å². The fraction of sp³-hybridized carbons (Fsp3) is 0.333. The molecule has 0 amide bonds. The van der Waals surface area contributed by atoms with Gasteiger partial charge in [0, 0.05) is 17.0 Å². The minimum Gasteiger partial charge on any atom is -0.497 e. The Morgan fingerprint density at radius 3 is 2.30 bits per heavy atom. The molecule has 5 nitrogen and oxygen atoms in total. The maximum absolute atomic E-state index is 5.60. The number of ether oxygens (including phenoxy) is 2. The highest BCUT2D eigenvalue weighted by molar-refractivity contribution is 7.07. The summed E-state index contributed by atoms with van der Waals surface area (Å²) in [6, 6.07) is 14.4. The Morgan fingerprint density at radius 1 is 0.967 bits per heavy atom. The Hall–Kier alpha value is -2.86. The van der Waals surface area contributed by atoms with Crippen LogP contribution in [-0.4, -0.2) is 31.2 Å². The lowest BCUT2D eigenvalue weighted by atomic mass is 10.0. The van der Waals surface area contributed by atoms with E-state index in [9.17, 15) is 0 Å².